The van der Waals surface area contributed by atoms with Crippen molar-refractivity contribution in [1.82, 2.24) is 4.98 Å². The van der Waals surface area contributed by atoms with E-state index in [-0.39, 0.29) is 21.7 Å². The van der Waals surface area contributed by atoms with Gasteiger partial charge in [-0.1, -0.05) is 162 Å². The Balaban J connectivity index is 1.08. The van der Waals surface area contributed by atoms with Gasteiger partial charge in [0.25, 0.3) is 0 Å². The largest absolute Gasteiger partial charge is 0.507 e. The molecule has 1 heterocycles. The molecule has 1 aromatic heterocycles. The minimum atomic E-state index is -0.284. The van der Waals surface area contributed by atoms with E-state index in [1.54, 1.807) is 0 Å². The molecule has 13 rings (SSSR count). The first-order valence-electron chi connectivity index (χ1n) is 31.8. The topological polar surface area (TPSA) is 71.8 Å². The summed E-state index contributed by atoms with van der Waals surface area (Å²) in [6, 6.07) is 28.6. The number of hydrogen-bond donors (Lipinski definition) is 2. The lowest BCUT2D eigenvalue weighted by molar-refractivity contribution is -0.00630. The first-order chi connectivity index (χ1) is 37.5. The monoisotopic (exact) mass is 1050 g/mol. The van der Waals surface area contributed by atoms with E-state index in [4.69, 9.17) is 14.5 Å². The number of benzene rings is 4. The average molecular weight is 1050 g/mol. The van der Waals surface area contributed by atoms with Crippen LogP contribution < -0.4 is 9.47 Å². The molecule has 5 nitrogen and oxygen atoms in total. The zero-order chi connectivity index (χ0) is 54.4. The number of unbranched alkanes of at least 4 members (excludes halogenated alkanes) is 10. The first-order valence-corrected chi connectivity index (χ1v) is 31.8. The highest BCUT2D eigenvalue weighted by Gasteiger charge is 2.55. The molecule has 5 heteroatoms. The summed E-state index contributed by atoms with van der Waals surface area (Å²) in [7, 11) is 0. The summed E-state index contributed by atoms with van der Waals surface area (Å²) in [6.07, 6.45) is 29.6. The Morgan fingerprint density at radius 3 is 1.12 bits per heavy atom. The molecule has 0 aliphatic heterocycles. The number of hydrogen-bond acceptors (Lipinski definition) is 5. The smallest absolute Gasteiger partial charge is 0.127 e. The van der Waals surface area contributed by atoms with Gasteiger partial charge in [0.05, 0.1) is 24.6 Å². The molecule has 418 valence electrons. The summed E-state index contributed by atoms with van der Waals surface area (Å²) in [5.41, 5.74) is 11.4. The van der Waals surface area contributed by atoms with E-state index >= 15 is 0 Å². The minimum absolute atomic E-state index is 0.0351. The van der Waals surface area contributed by atoms with Crippen molar-refractivity contribution in [3.63, 3.8) is 0 Å². The number of aromatic nitrogens is 1. The quantitative estimate of drug-likeness (QED) is 0.0676. The van der Waals surface area contributed by atoms with E-state index in [1.165, 1.54) is 114 Å². The Kier molecular flexibility index (Phi) is 16.0. The number of ether oxygens (including phenoxy) is 2. The van der Waals surface area contributed by atoms with Crippen molar-refractivity contribution in [2.75, 3.05) is 13.2 Å². The van der Waals surface area contributed by atoms with Crippen LogP contribution in [-0.2, 0) is 21.7 Å². The molecule has 8 bridgehead atoms. The molecule has 8 saturated carbocycles. The van der Waals surface area contributed by atoms with E-state index in [2.05, 4.69) is 134 Å². The zero-order valence-electron chi connectivity index (χ0n) is 49.5. The number of nitrogens with zero attached hydrogens (tertiary/aromatic N) is 1. The van der Waals surface area contributed by atoms with Gasteiger partial charge in [0, 0.05) is 33.4 Å². The van der Waals surface area contributed by atoms with E-state index in [1.807, 2.05) is 0 Å². The van der Waals surface area contributed by atoms with Crippen LogP contribution in [0.5, 0.6) is 23.0 Å². The van der Waals surface area contributed by atoms with Crippen molar-refractivity contribution in [1.29, 1.82) is 0 Å². The highest BCUT2D eigenvalue weighted by atomic mass is 16.5. The van der Waals surface area contributed by atoms with Gasteiger partial charge in [0.2, 0.25) is 0 Å². The van der Waals surface area contributed by atoms with Gasteiger partial charge >= 0.3 is 0 Å². The minimum Gasteiger partial charge on any atom is -0.507 e. The second-order valence-corrected chi connectivity index (χ2v) is 28.7. The van der Waals surface area contributed by atoms with Crippen molar-refractivity contribution in [2.45, 2.75) is 231 Å². The van der Waals surface area contributed by atoms with Gasteiger partial charge in [-0.05, 0) is 206 Å². The van der Waals surface area contributed by atoms with Crippen LogP contribution in [0.2, 0.25) is 0 Å². The summed E-state index contributed by atoms with van der Waals surface area (Å²) < 4.78 is 13.2. The molecular weight excluding hydrogens is 955 g/mol. The predicted molar refractivity (Wildman–Crippen MR) is 324 cm³/mol. The van der Waals surface area contributed by atoms with Crippen LogP contribution in [-0.4, -0.2) is 28.4 Å². The van der Waals surface area contributed by atoms with Crippen molar-refractivity contribution in [2.24, 2.45) is 35.5 Å². The molecule has 0 saturated heterocycles. The highest BCUT2D eigenvalue weighted by Crippen LogP contribution is 2.66. The van der Waals surface area contributed by atoms with E-state index < -0.39 is 0 Å². The van der Waals surface area contributed by atoms with Crippen LogP contribution in [0, 0.1) is 35.5 Å². The number of pyridine rings is 1. The van der Waals surface area contributed by atoms with Crippen LogP contribution in [0.15, 0.2) is 78.9 Å². The molecule has 4 aromatic carbocycles. The predicted octanol–water partition coefficient (Wildman–Crippen LogP) is 20.2. The summed E-state index contributed by atoms with van der Waals surface area (Å²) in [5.74, 6) is 6.94. The fourth-order valence-corrected chi connectivity index (χ4v) is 17.7. The molecule has 0 radical (unpaired) electrons. The van der Waals surface area contributed by atoms with Crippen molar-refractivity contribution in [3.8, 4) is 67.8 Å². The van der Waals surface area contributed by atoms with Gasteiger partial charge in [0.15, 0.2) is 0 Å². The third-order valence-electron chi connectivity index (χ3n) is 20.5. The summed E-state index contributed by atoms with van der Waals surface area (Å²) in [4.78, 5) is 5.90. The van der Waals surface area contributed by atoms with Crippen molar-refractivity contribution < 1.29 is 19.7 Å². The van der Waals surface area contributed by atoms with Gasteiger partial charge in [-0.3, -0.25) is 0 Å². The van der Waals surface area contributed by atoms with Gasteiger partial charge < -0.3 is 19.7 Å². The molecule has 78 heavy (non-hydrogen) atoms. The molecule has 8 aliphatic carbocycles. The molecule has 5 aromatic rings. The summed E-state index contributed by atoms with van der Waals surface area (Å²) in [5, 5.41) is 27.0. The maximum absolute atomic E-state index is 13.5. The van der Waals surface area contributed by atoms with Gasteiger partial charge in [0.1, 0.15) is 23.0 Å². The summed E-state index contributed by atoms with van der Waals surface area (Å²) in [6.45, 7) is 20.0. The normalized spacial score (nSPS) is 26.0. The van der Waals surface area contributed by atoms with Gasteiger partial charge in [-0.2, -0.15) is 0 Å². The molecule has 8 aliphatic rings. The Morgan fingerprint density at radius 2 is 0.769 bits per heavy atom. The fraction of sp³-hybridized carbons (Fsp3) is 0.603. The number of aromatic hydroxyl groups is 2. The lowest BCUT2D eigenvalue weighted by Gasteiger charge is -2.57. The SMILES string of the molecule is CCCCCCCCOc1cccc(-c2c(O)c(C34CC5CC(CC(C5)C3)C4)cc(C(C)(C)C)c2-c2cccc(-c3c(C(C)(C)C)cc(C45CC6CC(CC(C6)C4)C5)c(O)c3-c3cccc(OCCCCCCCC)c3)n2)c1. The number of phenols is 2. The Labute approximate surface area is 471 Å². The van der Waals surface area contributed by atoms with E-state index in [0.717, 1.165) is 154 Å². The Hall–Kier alpha value is -4.77. The number of rotatable bonds is 22. The molecule has 0 unspecified atom stereocenters. The number of phenolic OH excluding ortho intramolecular Hbond substituents is 2. The third kappa shape index (κ3) is 11.2. The summed E-state index contributed by atoms with van der Waals surface area (Å²) >= 11 is 0. The maximum Gasteiger partial charge on any atom is 0.127 e. The second kappa shape index (κ2) is 22.6. The standard InChI is InChI=1S/C73H97NO4/c1-9-11-13-15-17-19-30-77-56-26-21-24-54(38-56)64-66(58(70(3,4)5)40-60(68(64)75)72-42-48-32-49(43-72)34-50(33-48)44-72)62-28-23-29-63(74-62)67-59(71(6,7)8)41-61(73-45-51-35-52(46-73)37-53(36-51)47-73)69(76)65(67)55-25-22-27-57(39-55)78-31-20-18-16-14-12-10-2/h21-29,38-41,48-53,75-76H,9-20,30-37,42-47H2,1-8H3. The molecule has 0 amide bonds. The first kappa shape index (κ1) is 55.2. The zero-order valence-corrected chi connectivity index (χ0v) is 49.5. The van der Waals surface area contributed by atoms with Crippen molar-refractivity contribution >= 4 is 0 Å². The van der Waals surface area contributed by atoms with Gasteiger partial charge in [-0.25, -0.2) is 4.98 Å². The lowest BCUT2D eigenvalue weighted by Crippen LogP contribution is -2.48. The lowest BCUT2D eigenvalue weighted by atomic mass is 9.47. The average Bonchev–Trinajstić information content (AvgIpc) is 3.59. The Bertz CT molecular complexity index is 2650. The second-order valence-electron chi connectivity index (χ2n) is 28.7. The molecule has 8 fully saturated rings. The molecule has 0 spiro atoms. The fourth-order valence-electron chi connectivity index (χ4n) is 17.7. The maximum atomic E-state index is 13.5. The van der Waals surface area contributed by atoms with E-state index in [0.29, 0.717) is 24.7 Å². The van der Waals surface area contributed by atoms with Crippen LogP contribution in [0.1, 0.15) is 232 Å². The molecule has 0 atom stereocenters. The van der Waals surface area contributed by atoms with Crippen molar-refractivity contribution in [3.05, 3.63) is 101 Å². The van der Waals surface area contributed by atoms with Crippen LogP contribution >= 0.6 is 0 Å². The highest BCUT2D eigenvalue weighted by molar-refractivity contribution is 5.94. The molecule has 2 N–H and O–H groups in total. The Morgan fingerprint density at radius 1 is 0.436 bits per heavy atom. The van der Waals surface area contributed by atoms with Crippen LogP contribution in [0.3, 0.4) is 0 Å². The molecular formula is C73H97NO4. The van der Waals surface area contributed by atoms with Gasteiger partial charge in [-0.15, -0.1) is 0 Å². The van der Waals surface area contributed by atoms with Crippen LogP contribution in [0.25, 0.3) is 44.8 Å². The van der Waals surface area contributed by atoms with Crippen LogP contribution in [0.4, 0.5) is 0 Å². The third-order valence-corrected chi connectivity index (χ3v) is 20.5. The van der Waals surface area contributed by atoms with E-state index in [9.17, 15) is 10.2 Å².